The van der Waals surface area contributed by atoms with Crippen molar-refractivity contribution >= 4 is 0 Å². The average Bonchev–Trinajstić information content (AvgIpc) is 2.19. The highest BCUT2D eigenvalue weighted by molar-refractivity contribution is 5.37. The van der Waals surface area contributed by atoms with Crippen LogP contribution in [0.4, 0.5) is 0 Å². The summed E-state index contributed by atoms with van der Waals surface area (Å²) >= 11 is 0. The Morgan fingerprint density at radius 2 is 2.07 bits per heavy atom. The average molecular weight is 193 g/mol. The van der Waals surface area contributed by atoms with Crippen LogP contribution in [0.1, 0.15) is 24.5 Å². The van der Waals surface area contributed by atoms with Crippen molar-refractivity contribution in [2.75, 3.05) is 13.7 Å². The van der Waals surface area contributed by atoms with Gasteiger partial charge in [-0.25, -0.2) is 0 Å². The molecule has 0 aromatic heterocycles. The van der Waals surface area contributed by atoms with Crippen LogP contribution in [-0.4, -0.2) is 13.7 Å². The molecule has 0 unspecified atom stereocenters. The van der Waals surface area contributed by atoms with Crippen LogP contribution in [-0.2, 0) is 12.8 Å². The zero-order chi connectivity index (χ0) is 10.4. The first-order valence-corrected chi connectivity index (χ1v) is 5.17. The molecule has 0 heterocycles. The van der Waals surface area contributed by atoms with Crippen LogP contribution in [0.5, 0.6) is 5.75 Å². The van der Waals surface area contributed by atoms with Gasteiger partial charge in [0, 0.05) is 0 Å². The van der Waals surface area contributed by atoms with Gasteiger partial charge in [-0.2, -0.15) is 0 Å². The summed E-state index contributed by atoms with van der Waals surface area (Å²) in [4.78, 5) is 0. The first-order chi connectivity index (χ1) is 6.81. The highest BCUT2D eigenvalue weighted by Gasteiger charge is 2.02. The van der Waals surface area contributed by atoms with Gasteiger partial charge in [0.15, 0.2) is 0 Å². The van der Waals surface area contributed by atoms with Crippen molar-refractivity contribution in [3.05, 3.63) is 29.3 Å². The quantitative estimate of drug-likeness (QED) is 0.777. The lowest BCUT2D eigenvalue weighted by Crippen LogP contribution is -2.03. The Balaban J connectivity index is 2.88. The first kappa shape index (κ1) is 11.1. The predicted molar refractivity (Wildman–Crippen MR) is 59.7 cm³/mol. The van der Waals surface area contributed by atoms with Gasteiger partial charge >= 0.3 is 0 Å². The molecule has 0 spiro atoms. The first-order valence-electron chi connectivity index (χ1n) is 5.17. The molecule has 2 nitrogen and oxygen atoms in total. The molecule has 14 heavy (non-hydrogen) atoms. The molecule has 1 rings (SSSR count). The number of hydrogen-bond acceptors (Lipinski definition) is 2. The fourth-order valence-corrected chi connectivity index (χ4v) is 1.62. The number of aryl methyl sites for hydroxylation is 1. The van der Waals surface area contributed by atoms with E-state index in [0.29, 0.717) is 6.54 Å². The third-order valence-electron chi connectivity index (χ3n) is 2.30. The molecular formula is C12H19NO. The monoisotopic (exact) mass is 193 g/mol. The maximum Gasteiger partial charge on any atom is 0.122 e. The van der Waals surface area contributed by atoms with E-state index in [0.717, 1.165) is 25.0 Å². The maximum absolute atomic E-state index is 5.52. The third-order valence-corrected chi connectivity index (χ3v) is 2.30. The van der Waals surface area contributed by atoms with Crippen molar-refractivity contribution in [3.63, 3.8) is 0 Å². The lowest BCUT2D eigenvalue weighted by molar-refractivity contribution is 0.409. The van der Waals surface area contributed by atoms with Gasteiger partial charge in [-0.1, -0.05) is 25.5 Å². The minimum atomic E-state index is 0.706. The lowest BCUT2D eigenvalue weighted by atomic mass is 10.0. The number of nitrogens with two attached hydrogens (primary N) is 1. The lowest BCUT2D eigenvalue weighted by Gasteiger charge is -2.09. The topological polar surface area (TPSA) is 35.2 Å². The van der Waals surface area contributed by atoms with Crippen molar-refractivity contribution in [1.29, 1.82) is 0 Å². The minimum absolute atomic E-state index is 0.706. The Morgan fingerprint density at radius 3 is 2.64 bits per heavy atom. The summed E-state index contributed by atoms with van der Waals surface area (Å²) in [5, 5.41) is 0. The molecule has 2 N–H and O–H groups in total. The molecule has 0 radical (unpaired) electrons. The minimum Gasteiger partial charge on any atom is -0.496 e. The molecule has 0 amide bonds. The van der Waals surface area contributed by atoms with Crippen molar-refractivity contribution in [1.82, 2.24) is 0 Å². The van der Waals surface area contributed by atoms with Gasteiger partial charge in [0.05, 0.1) is 7.11 Å². The van der Waals surface area contributed by atoms with E-state index in [1.165, 1.54) is 11.1 Å². The van der Waals surface area contributed by atoms with E-state index in [1.54, 1.807) is 7.11 Å². The van der Waals surface area contributed by atoms with Crippen LogP contribution in [0.3, 0.4) is 0 Å². The fourth-order valence-electron chi connectivity index (χ4n) is 1.62. The summed E-state index contributed by atoms with van der Waals surface area (Å²) in [6, 6.07) is 6.33. The molecule has 2 heteroatoms. The Kier molecular flexibility index (Phi) is 4.47. The number of rotatable bonds is 5. The van der Waals surface area contributed by atoms with E-state index in [-0.39, 0.29) is 0 Å². The SMILES string of the molecule is CCCc1cc(CCN)ccc1OC. The second-order valence-corrected chi connectivity index (χ2v) is 3.43. The molecule has 0 bridgehead atoms. The maximum atomic E-state index is 5.52. The zero-order valence-electron chi connectivity index (χ0n) is 9.05. The summed E-state index contributed by atoms with van der Waals surface area (Å²) in [6.07, 6.45) is 3.16. The standard InChI is InChI=1S/C12H19NO/c1-3-4-11-9-10(7-8-13)5-6-12(11)14-2/h5-6,9H,3-4,7-8,13H2,1-2H3. The van der Waals surface area contributed by atoms with Gasteiger partial charge in [-0.05, 0) is 36.6 Å². The van der Waals surface area contributed by atoms with Crippen LogP contribution in [0, 0.1) is 0 Å². The Hall–Kier alpha value is -1.02. The third kappa shape index (κ3) is 2.74. The van der Waals surface area contributed by atoms with Gasteiger partial charge in [0.25, 0.3) is 0 Å². The largest absolute Gasteiger partial charge is 0.496 e. The predicted octanol–water partition coefficient (Wildman–Crippen LogP) is 2.15. The molecular weight excluding hydrogens is 174 g/mol. The molecule has 0 saturated heterocycles. The number of hydrogen-bond donors (Lipinski definition) is 1. The Labute approximate surface area is 86.1 Å². The van der Waals surface area contributed by atoms with Crippen LogP contribution in [0.2, 0.25) is 0 Å². The van der Waals surface area contributed by atoms with Gasteiger partial charge < -0.3 is 10.5 Å². The van der Waals surface area contributed by atoms with Gasteiger partial charge in [0.2, 0.25) is 0 Å². The molecule has 0 aliphatic carbocycles. The number of benzene rings is 1. The summed E-state index contributed by atoms with van der Waals surface area (Å²) in [5.41, 5.74) is 8.12. The fraction of sp³-hybridized carbons (Fsp3) is 0.500. The second-order valence-electron chi connectivity index (χ2n) is 3.43. The van der Waals surface area contributed by atoms with Crippen molar-refractivity contribution in [3.8, 4) is 5.75 Å². The van der Waals surface area contributed by atoms with Crippen LogP contribution < -0.4 is 10.5 Å². The summed E-state index contributed by atoms with van der Waals surface area (Å²) < 4.78 is 5.30. The van der Waals surface area contributed by atoms with Crippen LogP contribution in [0.15, 0.2) is 18.2 Å². The van der Waals surface area contributed by atoms with E-state index >= 15 is 0 Å². The molecule has 1 aromatic rings. The zero-order valence-corrected chi connectivity index (χ0v) is 9.05. The van der Waals surface area contributed by atoms with E-state index in [2.05, 4.69) is 19.1 Å². The van der Waals surface area contributed by atoms with Crippen molar-refractivity contribution < 1.29 is 4.74 Å². The van der Waals surface area contributed by atoms with Gasteiger partial charge in [-0.3, -0.25) is 0 Å². The number of ether oxygens (including phenoxy) is 1. The molecule has 0 atom stereocenters. The summed E-state index contributed by atoms with van der Waals surface area (Å²) in [7, 11) is 1.72. The van der Waals surface area contributed by atoms with Crippen molar-refractivity contribution in [2.45, 2.75) is 26.2 Å². The Morgan fingerprint density at radius 1 is 1.29 bits per heavy atom. The molecule has 0 aliphatic rings. The van der Waals surface area contributed by atoms with Crippen LogP contribution in [0.25, 0.3) is 0 Å². The van der Waals surface area contributed by atoms with E-state index in [4.69, 9.17) is 10.5 Å². The Bertz CT molecular complexity index is 284. The molecule has 1 aromatic carbocycles. The molecule has 0 aliphatic heterocycles. The second kappa shape index (κ2) is 5.66. The normalized spacial score (nSPS) is 10.2. The molecule has 78 valence electrons. The van der Waals surface area contributed by atoms with E-state index < -0.39 is 0 Å². The highest BCUT2D eigenvalue weighted by atomic mass is 16.5. The van der Waals surface area contributed by atoms with Crippen LogP contribution >= 0.6 is 0 Å². The summed E-state index contributed by atoms with van der Waals surface area (Å²) in [6.45, 7) is 2.88. The molecule has 0 saturated carbocycles. The summed E-state index contributed by atoms with van der Waals surface area (Å²) in [5.74, 6) is 0.993. The van der Waals surface area contributed by atoms with E-state index in [9.17, 15) is 0 Å². The van der Waals surface area contributed by atoms with Gasteiger partial charge in [0.1, 0.15) is 5.75 Å². The molecule has 0 fully saturated rings. The van der Waals surface area contributed by atoms with Gasteiger partial charge in [-0.15, -0.1) is 0 Å². The highest BCUT2D eigenvalue weighted by Crippen LogP contribution is 2.21. The van der Waals surface area contributed by atoms with Crippen molar-refractivity contribution in [2.24, 2.45) is 5.73 Å². The number of methoxy groups -OCH3 is 1. The smallest absolute Gasteiger partial charge is 0.122 e. The van der Waals surface area contributed by atoms with E-state index in [1.807, 2.05) is 6.07 Å².